The van der Waals surface area contributed by atoms with Crippen molar-refractivity contribution in [2.45, 2.75) is 25.3 Å². The van der Waals surface area contributed by atoms with E-state index in [1.54, 1.807) is 0 Å². The Labute approximate surface area is 150 Å². The van der Waals surface area contributed by atoms with Gasteiger partial charge in [0.2, 0.25) is 0 Å². The Kier molecular flexibility index (Phi) is 5.25. The molecule has 3 rings (SSSR count). The molecule has 1 aromatic carbocycles. The molecule has 0 bridgehead atoms. The third kappa shape index (κ3) is 3.76. The lowest BCUT2D eigenvalue weighted by molar-refractivity contribution is 0.248. The number of pyridine rings is 1. The first-order valence-corrected chi connectivity index (χ1v) is 8.96. The maximum absolute atomic E-state index is 5.66. The van der Waals surface area contributed by atoms with E-state index in [2.05, 4.69) is 68.1 Å². The second-order valence-electron chi connectivity index (χ2n) is 5.43. The predicted molar refractivity (Wildman–Crippen MR) is 103 cm³/mol. The van der Waals surface area contributed by atoms with Crippen LogP contribution < -0.4 is 5.32 Å². The van der Waals surface area contributed by atoms with Crippen LogP contribution in [-0.2, 0) is 0 Å². The zero-order chi connectivity index (χ0) is 15.4. The van der Waals surface area contributed by atoms with Crippen LogP contribution in [0.1, 0.15) is 30.9 Å². The van der Waals surface area contributed by atoms with Crippen LogP contribution in [0.15, 0.2) is 48.8 Å². The van der Waals surface area contributed by atoms with E-state index in [0.29, 0.717) is 6.04 Å². The van der Waals surface area contributed by atoms with Gasteiger partial charge in [-0.25, -0.2) is 0 Å². The lowest BCUT2D eigenvalue weighted by Crippen LogP contribution is -2.41. The van der Waals surface area contributed by atoms with Crippen LogP contribution in [0.2, 0.25) is 0 Å². The van der Waals surface area contributed by atoms with Crippen LogP contribution in [0, 0.1) is 3.57 Å². The number of aromatic nitrogens is 1. The minimum atomic E-state index is 0.325. The van der Waals surface area contributed by atoms with Crippen molar-refractivity contribution in [3.05, 3.63) is 57.9 Å². The maximum Gasteiger partial charge on any atom is 0.173 e. The molecule has 1 aliphatic rings. The molecular weight excluding hydrogens is 405 g/mol. The first-order chi connectivity index (χ1) is 10.7. The van der Waals surface area contributed by atoms with Gasteiger partial charge in [-0.3, -0.25) is 4.98 Å². The summed E-state index contributed by atoms with van der Waals surface area (Å²) in [5.74, 6) is 0. The smallest absolute Gasteiger partial charge is 0.173 e. The van der Waals surface area contributed by atoms with Crippen LogP contribution in [0.5, 0.6) is 0 Å². The molecular formula is C17H18IN3S. The quantitative estimate of drug-likeness (QED) is 0.564. The summed E-state index contributed by atoms with van der Waals surface area (Å²) in [6.45, 7) is 0.996. The summed E-state index contributed by atoms with van der Waals surface area (Å²) in [5, 5.41) is 4.17. The zero-order valence-corrected chi connectivity index (χ0v) is 15.2. The van der Waals surface area contributed by atoms with E-state index in [0.717, 1.165) is 23.8 Å². The summed E-state index contributed by atoms with van der Waals surface area (Å²) in [6, 6.07) is 12.8. The van der Waals surface area contributed by atoms with Crippen LogP contribution in [-0.4, -0.2) is 21.5 Å². The summed E-state index contributed by atoms with van der Waals surface area (Å²) in [6.07, 6.45) is 7.32. The summed E-state index contributed by atoms with van der Waals surface area (Å²) in [7, 11) is 0. The van der Waals surface area contributed by atoms with Gasteiger partial charge in [0.05, 0.1) is 6.04 Å². The van der Waals surface area contributed by atoms with Crippen molar-refractivity contribution in [2.24, 2.45) is 0 Å². The summed E-state index contributed by atoms with van der Waals surface area (Å²) < 4.78 is 1.22. The highest BCUT2D eigenvalue weighted by Crippen LogP contribution is 2.31. The lowest BCUT2D eigenvalue weighted by Gasteiger charge is -2.37. The molecule has 1 fully saturated rings. The maximum atomic E-state index is 5.66. The molecule has 0 spiro atoms. The largest absolute Gasteiger partial charge is 0.342 e. The Hall–Kier alpha value is -1.21. The third-order valence-electron chi connectivity index (χ3n) is 3.93. The Morgan fingerprint density at radius 2 is 2.05 bits per heavy atom. The number of anilines is 1. The summed E-state index contributed by atoms with van der Waals surface area (Å²) in [5.41, 5.74) is 2.29. The number of halogens is 1. The van der Waals surface area contributed by atoms with Gasteiger partial charge in [-0.1, -0.05) is 6.07 Å². The Bertz CT molecular complexity index is 630. The second kappa shape index (κ2) is 7.37. The van der Waals surface area contributed by atoms with Gasteiger partial charge in [-0.2, -0.15) is 0 Å². The van der Waals surface area contributed by atoms with Gasteiger partial charge in [-0.05, 0) is 90.0 Å². The molecule has 1 N–H and O–H groups in total. The standard InChI is InChI=1S/C17H18IN3S/c18-14-6-8-15(9-7-14)20-17(22)21-11-2-1-5-16(21)13-4-3-10-19-12-13/h3-4,6-10,12,16H,1-2,5,11H2,(H,20,22)/t16-/m0/s1. The molecule has 0 radical (unpaired) electrons. The average Bonchev–Trinajstić information content (AvgIpc) is 2.58. The number of rotatable bonds is 2. The van der Waals surface area contributed by atoms with Crippen molar-refractivity contribution >= 4 is 45.6 Å². The minimum absolute atomic E-state index is 0.325. The number of nitrogens with one attached hydrogen (secondary N) is 1. The Morgan fingerprint density at radius 3 is 2.77 bits per heavy atom. The molecule has 22 heavy (non-hydrogen) atoms. The number of nitrogens with zero attached hydrogens (tertiary/aromatic N) is 2. The molecule has 114 valence electrons. The lowest BCUT2D eigenvalue weighted by atomic mass is 9.97. The first kappa shape index (κ1) is 15.7. The number of benzene rings is 1. The SMILES string of the molecule is S=C(Nc1ccc(I)cc1)N1CCCC[C@H]1c1cccnc1. The monoisotopic (exact) mass is 423 g/mol. The van der Waals surface area contributed by atoms with E-state index in [9.17, 15) is 0 Å². The van der Waals surface area contributed by atoms with E-state index >= 15 is 0 Å². The number of thiocarbonyl (C=S) groups is 1. The third-order valence-corrected chi connectivity index (χ3v) is 4.98. The van der Waals surface area contributed by atoms with Crippen molar-refractivity contribution in [2.75, 3.05) is 11.9 Å². The fourth-order valence-electron chi connectivity index (χ4n) is 2.82. The van der Waals surface area contributed by atoms with Gasteiger partial charge in [0, 0.05) is 28.2 Å². The molecule has 3 nitrogen and oxygen atoms in total. The van der Waals surface area contributed by atoms with Gasteiger partial charge in [-0.15, -0.1) is 0 Å². The van der Waals surface area contributed by atoms with Crippen LogP contribution >= 0.6 is 34.8 Å². The van der Waals surface area contributed by atoms with E-state index in [1.807, 2.05) is 18.5 Å². The first-order valence-electron chi connectivity index (χ1n) is 7.47. The topological polar surface area (TPSA) is 28.2 Å². The van der Waals surface area contributed by atoms with Crippen LogP contribution in [0.25, 0.3) is 0 Å². The molecule has 0 saturated carbocycles. The van der Waals surface area contributed by atoms with Gasteiger partial charge in [0.15, 0.2) is 5.11 Å². The van der Waals surface area contributed by atoms with Crippen molar-refractivity contribution in [3.8, 4) is 0 Å². The Morgan fingerprint density at radius 1 is 1.23 bits per heavy atom. The molecule has 1 atom stereocenters. The van der Waals surface area contributed by atoms with E-state index in [1.165, 1.54) is 22.0 Å². The highest BCUT2D eigenvalue weighted by molar-refractivity contribution is 14.1. The van der Waals surface area contributed by atoms with Gasteiger partial charge in [0.1, 0.15) is 0 Å². The summed E-state index contributed by atoms with van der Waals surface area (Å²) >= 11 is 7.96. The number of likely N-dealkylation sites (tertiary alicyclic amines) is 1. The number of piperidine rings is 1. The fourth-order valence-corrected chi connectivity index (χ4v) is 3.52. The van der Waals surface area contributed by atoms with E-state index in [-0.39, 0.29) is 0 Å². The molecule has 2 aromatic rings. The highest BCUT2D eigenvalue weighted by atomic mass is 127. The normalized spacial score (nSPS) is 18.0. The minimum Gasteiger partial charge on any atom is -0.342 e. The van der Waals surface area contributed by atoms with Gasteiger partial charge < -0.3 is 10.2 Å². The molecule has 0 unspecified atom stereocenters. The molecule has 1 aliphatic heterocycles. The Balaban J connectivity index is 1.75. The molecule has 5 heteroatoms. The second-order valence-corrected chi connectivity index (χ2v) is 7.06. The predicted octanol–water partition coefficient (Wildman–Crippen LogP) is 4.61. The molecule has 1 aromatic heterocycles. The molecule has 0 amide bonds. The van der Waals surface area contributed by atoms with Gasteiger partial charge in [0.25, 0.3) is 0 Å². The molecule has 1 saturated heterocycles. The van der Waals surface area contributed by atoms with Crippen LogP contribution in [0.4, 0.5) is 5.69 Å². The van der Waals surface area contributed by atoms with Crippen LogP contribution in [0.3, 0.4) is 0 Å². The van der Waals surface area contributed by atoms with Crippen molar-refractivity contribution in [3.63, 3.8) is 0 Å². The van der Waals surface area contributed by atoms with Gasteiger partial charge >= 0.3 is 0 Å². The molecule has 0 aliphatic carbocycles. The highest BCUT2D eigenvalue weighted by Gasteiger charge is 2.26. The van der Waals surface area contributed by atoms with E-state index in [4.69, 9.17) is 12.2 Å². The fraction of sp³-hybridized carbons (Fsp3) is 0.294. The van der Waals surface area contributed by atoms with Crippen molar-refractivity contribution in [1.29, 1.82) is 0 Å². The van der Waals surface area contributed by atoms with Crippen molar-refractivity contribution in [1.82, 2.24) is 9.88 Å². The average molecular weight is 423 g/mol. The number of hydrogen-bond donors (Lipinski definition) is 1. The molecule has 2 heterocycles. The van der Waals surface area contributed by atoms with E-state index < -0.39 is 0 Å². The van der Waals surface area contributed by atoms with Crippen molar-refractivity contribution < 1.29 is 0 Å². The summed E-state index contributed by atoms with van der Waals surface area (Å²) in [4.78, 5) is 6.56. The number of hydrogen-bond acceptors (Lipinski definition) is 2. The zero-order valence-electron chi connectivity index (χ0n) is 12.2.